The Morgan fingerprint density at radius 2 is 2.00 bits per heavy atom. The van der Waals surface area contributed by atoms with Crippen LogP contribution in [-0.2, 0) is 0 Å². The predicted molar refractivity (Wildman–Crippen MR) is 91.3 cm³/mol. The third-order valence-corrected chi connectivity index (χ3v) is 3.49. The van der Waals surface area contributed by atoms with E-state index in [9.17, 15) is 0 Å². The SMILES string of the molecule is Cc1cn(N=Cc2ccccc2-c2cccc(Cl)c2)c(N)n1. The van der Waals surface area contributed by atoms with E-state index in [1.54, 1.807) is 17.1 Å². The number of nitrogens with zero attached hydrogens (tertiary/aromatic N) is 3. The normalized spacial score (nSPS) is 11.2. The third-order valence-electron chi connectivity index (χ3n) is 3.25. The number of anilines is 1. The van der Waals surface area contributed by atoms with E-state index in [-0.39, 0.29) is 0 Å². The van der Waals surface area contributed by atoms with Gasteiger partial charge in [-0.15, -0.1) is 0 Å². The summed E-state index contributed by atoms with van der Waals surface area (Å²) in [6.07, 6.45) is 3.56. The van der Waals surface area contributed by atoms with Crippen LogP contribution < -0.4 is 5.73 Å². The maximum atomic E-state index is 6.08. The number of aryl methyl sites for hydroxylation is 1. The molecule has 4 nitrogen and oxygen atoms in total. The van der Waals surface area contributed by atoms with Crippen molar-refractivity contribution in [2.75, 3.05) is 5.73 Å². The van der Waals surface area contributed by atoms with Crippen LogP contribution in [0.4, 0.5) is 5.95 Å². The van der Waals surface area contributed by atoms with Gasteiger partial charge >= 0.3 is 0 Å². The van der Waals surface area contributed by atoms with Crippen molar-refractivity contribution >= 4 is 23.8 Å². The quantitative estimate of drug-likeness (QED) is 0.744. The highest BCUT2D eigenvalue weighted by molar-refractivity contribution is 6.30. The van der Waals surface area contributed by atoms with E-state index in [2.05, 4.69) is 10.1 Å². The summed E-state index contributed by atoms with van der Waals surface area (Å²) < 4.78 is 1.56. The van der Waals surface area contributed by atoms with Crippen molar-refractivity contribution in [3.05, 3.63) is 71.0 Å². The molecule has 3 aromatic rings. The van der Waals surface area contributed by atoms with Gasteiger partial charge in [-0.1, -0.05) is 48.0 Å². The Morgan fingerprint density at radius 3 is 2.73 bits per heavy atom. The van der Waals surface area contributed by atoms with Gasteiger partial charge in [0.2, 0.25) is 5.95 Å². The van der Waals surface area contributed by atoms with E-state index in [1.807, 2.05) is 55.5 Å². The van der Waals surface area contributed by atoms with Gasteiger partial charge in [-0.25, -0.2) is 9.66 Å². The van der Waals surface area contributed by atoms with Gasteiger partial charge in [0, 0.05) is 10.6 Å². The van der Waals surface area contributed by atoms with E-state index in [4.69, 9.17) is 17.3 Å². The minimum absolute atomic E-state index is 0.369. The average molecular weight is 311 g/mol. The highest BCUT2D eigenvalue weighted by Crippen LogP contribution is 2.25. The van der Waals surface area contributed by atoms with Crippen LogP contribution >= 0.6 is 11.6 Å². The Kier molecular flexibility index (Phi) is 3.94. The lowest BCUT2D eigenvalue weighted by molar-refractivity contribution is 0.897. The fourth-order valence-corrected chi connectivity index (χ4v) is 2.44. The van der Waals surface area contributed by atoms with E-state index in [1.165, 1.54) is 0 Å². The van der Waals surface area contributed by atoms with Gasteiger partial charge in [0.25, 0.3) is 0 Å². The fraction of sp³-hybridized carbons (Fsp3) is 0.0588. The van der Waals surface area contributed by atoms with Gasteiger partial charge < -0.3 is 5.73 Å². The smallest absolute Gasteiger partial charge is 0.221 e. The van der Waals surface area contributed by atoms with E-state index in [0.29, 0.717) is 11.0 Å². The van der Waals surface area contributed by atoms with Crippen molar-refractivity contribution in [2.45, 2.75) is 6.92 Å². The molecule has 0 atom stereocenters. The summed E-state index contributed by atoms with van der Waals surface area (Å²) in [4.78, 5) is 4.13. The first kappa shape index (κ1) is 14.4. The number of rotatable bonds is 3. The first-order chi connectivity index (χ1) is 10.6. The molecule has 0 saturated carbocycles. The molecular weight excluding hydrogens is 296 g/mol. The second-order valence-corrected chi connectivity index (χ2v) is 5.36. The molecule has 110 valence electrons. The minimum atomic E-state index is 0.369. The summed E-state index contributed by atoms with van der Waals surface area (Å²) in [6.45, 7) is 1.88. The van der Waals surface area contributed by atoms with Gasteiger partial charge in [-0.2, -0.15) is 5.10 Å². The molecule has 0 amide bonds. The Bertz CT molecular complexity index is 836. The maximum absolute atomic E-state index is 6.08. The van der Waals surface area contributed by atoms with E-state index >= 15 is 0 Å². The monoisotopic (exact) mass is 310 g/mol. The van der Waals surface area contributed by atoms with Crippen molar-refractivity contribution in [3.8, 4) is 11.1 Å². The molecule has 22 heavy (non-hydrogen) atoms. The molecular formula is C17H15ClN4. The zero-order chi connectivity index (χ0) is 15.5. The lowest BCUT2D eigenvalue weighted by atomic mass is 10.0. The molecule has 0 radical (unpaired) electrons. The molecule has 1 aromatic heterocycles. The zero-order valence-electron chi connectivity index (χ0n) is 12.1. The molecule has 0 spiro atoms. The summed E-state index contributed by atoms with van der Waals surface area (Å²) >= 11 is 6.08. The van der Waals surface area contributed by atoms with E-state index < -0.39 is 0 Å². The number of benzene rings is 2. The van der Waals surface area contributed by atoms with Crippen LogP contribution in [0.15, 0.2) is 59.8 Å². The number of aromatic nitrogens is 2. The molecule has 0 unspecified atom stereocenters. The number of nitrogen functional groups attached to an aromatic ring is 1. The van der Waals surface area contributed by atoms with Crippen LogP contribution in [0.3, 0.4) is 0 Å². The molecule has 2 aromatic carbocycles. The Morgan fingerprint density at radius 1 is 1.18 bits per heavy atom. The van der Waals surface area contributed by atoms with Crippen molar-refractivity contribution < 1.29 is 0 Å². The van der Waals surface area contributed by atoms with Gasteiger partial charge in [-0.05, 0) is 30.2 Å². The van der Waals surface area contributed by atoms with Crippen LogP contribution in [0.2, 0.25) is 5.02 Å². The third kappa shape index (κ3) is 3.02. The van der Waals surface area contributed by atoms with Gasteiger partial charge in [0.05, 0.1) is 18.1 Å². The molecule has 0 fully saturated rings. The van der Waals surface area contributed by atoms with Crippen molar-refractivity contribution in [3.63, 3.8) is 0 Å². The summed E-state index contributed by atoms with van der Waals surface area (Å²) in [5.41, 5.74) is 9.71. The summed E-state index contributed by atoms with van der Waals surface area (Å²) in [5, 5.41) is 5.08. The van der Waals surface area contributed by atoms with Gasteiger partial charge in [-0.3, -0.25) is 0 Å². The summed E-state index contributed by atoms with van der Waals surface area (Å²) in [7, 11) is 0. The molecule has 0 bridgehead atoms. The van der Waals surface area contributed by atoms with Crippen molar-refractivity contribution in [1.82, 2.24) is 9.66 Å². The second kappa shape index (κ2) is 6.03. The number of imidazole rings is 1. The molecule has 0 aliphatic heterocycles. The number of hydrogen-bond donors (Lipinski definition) is 1. The predicted octanol–water partition coefficient (Wildman–Crippen LogP) is 3.98. The first-order valence-corrected chi connectivity index (χ1v) is 7.22. The average Bonchev–Trinajstić information content (AvgIpc) is 2.83. The van der Waals surface area contributed by atoms with Gasteiger partial charge in [0.15, 0.2) is 0 Å². The lowest BCUT2D eigenvalue weighted by Gasteiger charge is -2.06. The first-order valence-electron chi connectivity index (χ1n) is 6.84. The minimum Gasteiger partial charge on any atom is -0.368 e. The lowest BCUT2D eigenvalue weighted by Crippen LogP contribution is -1.97. The molecule has 0 aliphatic rings. The highest BCUT2D eigenvalue weighted by Gasteiger charge is 2.04. The standard InChI is InChI=1S/C17H15ClN4/c1-12-11-22(17(19)21-12)20-10-14-5-2-3-8-16(14)13-6-4-7-15(18)9-13/h2-11H,1H3,(H2,19,21). The molecule has 2 N–H and O–H groups in total. The van der Waals surface area contributed by atoms with Crippen molar-refractivity contribution in [1.29, 1.82) is 0 Å². The van der Waals surface area contributed by atoms with Crippen LogP contribution in [0, 0.1) is 6.92 Å². The number of nitrogens with two attached hydrogens (primary N) is 1. The topological polar surface area (TPSA) is 56.2 Å². The second-order valence-electron chi connectivity index (χ2n) is 4.93. The number of hydrogen-bond acceptors (Lipinski definition) is 3. The summed E-state index contributed by atoms with van der Waals surface area (Å²) in [6, 6.07) is 15.7. The van der Waals surface area contributed by atoms with Crippen LogP contribution in [0.1, 0.15) is 11.3 Å². The molecule has 3 rings (SSSR count). The Labute approximate surface area is 133 Å². The van der Waals surface area contributed by atoms with Crippen LogP contribution in [-0.4, -0.2) is 15.9 Å². The molecule has 1 heterocycles. The van der Waals surface area contributed by atoms with Crippen LogP contribution in [0.25, 0.3) is 11.1 Å². The Balaban J connectivity index is 2.00. The highest BCUT2D eigenvalue weighted by atomic mass is 35.5. The van der Waals surface area contributed by atoms with E-state index in [0.717, 1.165) is 22.4 Å². The largest absolute Gasteiger partial charge is 0.368 e. The maximum Gasteiger partial charge on any atom is 0.221 e. The number of halogens is 1. The fourth-order valence-electron chi connectivity index (χ4n) is 2.25. The zero-order valence-corrected chi connectivity index (χ0v) is 12.8. The Hall–Kier alpha value is -2.59. The van der Waals surface area contributed by atoms with Crippen molar-refractivity contribution in [2.24, 2.45) is 5.10 Å². The van der Waals surface area contributed by atoms with Crippen LogP contribution in [0.5, 0.6) is 0 Å². The molecule has 5 heteroatoms. The summed E-state index contributed by atoms with van der Waals surface area (Å²) in [5.74, 6) is 0.369. The molecule has 0 aliphatic carbocycles. The van der Waals surface area contributed by atoms with Gasteiger partial charge in [0.1, 0.15) is 0 Å². The molecule has 0 saturated heterocycles.